The molecule has 0 aliphatic heterocycles. The molecule has 0 aliphatic carbocycles. The number of aromatic nitrogens is 2. The Bertz CT molecular complexity index is 586. The highest BCUT2D eigenvalue weighted by Gasteiger charge is 2.12. The molecule has 0 saturated heterocycles. The molecule has 5 nitrogen and oxygen atoms in total. The first kappa shape index (κ1) is 14.2. The topological polar surface area (TPSA) is 59.1 Å². The highest BCUT2D eigenvalue weighted by Crippen LogP contribution is 2.27. The number of hydrogen-bond donors (Lipinski definition) is 2. The van der Waals surface area contributed by atoms with Crippen LogP contribution in [0.5, 0.6) is 0 Å². The first-order valence-electron chi connectivity index (χ1n) is 6.90. The number of hydrogen-bond acceptors (Lipinski definition) is 4. The lowest BCUT2D eigenvalue weighted by molar-refractivity contribution is 0.605. The summed E-state index contributed by atoms with van der Waals surface area (Å²) in [4.78, 5) is 2.07. The van der Waals surface area contributed by atoms with E-state index in [0.29, 0.717) is 5.69 Å². The van der Waals surface area contributed by atoms with Crippen LogP contribution in [0.25, 0.3) is 0 Å². The normalized spacial score (nSPS) is 10.6. The summed E-state index contributed by atoms with van der Waals surface area (Å²) in [5.41, 5.74) is 9.86. The summed E-state index contributed by atoms with van der Waals surface area (Å²) < 4.78 is 1.94. The van der Waals surface area contributed by atoms with Gasteiger partial charge in [-0.3, -0.25) is 0 Å². The summed E-state index contributed by atoms with van der Waals surface area (Å²) in [5, 5.41) is 7.86. The van der Waals surface area contributed by atoms with Gasteiger partial charge in [-0.05, 0) is 31.5 Å². The Balaban J connectivity index is 2.32. The van der Waals surface area contributed by atoms with E-state index in [4.69, 9.17) is 5.73 Å². The van der Waals surface area contributed by atoms with Crippen molar-refractivity contribution in [3.8, 4) is 0 Å². The minimum atomic E-state index is 0.716. The van der Waals surface area contributed by atoms with Gasteiger partial charge in [0.2, 0.25) is 0 Å². The molecule has 3 N–H and O–H groups in total. The number of anilines is 4. The van der Waals surface area contributed by atoms with E-state index in [1.54, 1.807) is 0 Å². The van der Waals surface area contributed by atoms with Crippen LogP contribution in [0.1, 0.15) is 19.0 Å². The van der Waals surface area contributed by atoms with Crippen molar-refractivity contribution in [1.82, 2.24) is 9.78 Å². The van der Waals surface area contributed by atoms with E-state index in [1.165, 1.54) is 0 Å². The molecule has 1 heterocycles. The quantitative estimate of drug-likeness (QED) is 0.879. The fourth-order valence-electron chi connectivity index (χ4n) is 2.10. The first-order valence-corrected chi connectivity index (χ1v) is 6.90. The second-order valence-corrected chi connectivity index (χ2v) is 5.14. The lowest BCUT2D eigenvalue weighted by Gasteiger charge is -2.15. The molecular formula is C15H23N5. The lowest BCUT2D eigenvalue weighted by atomic mass is 10.2. The van der Waals surface area contributed by atoms with E-state index in [2.05, 4.69) is 34.4 Å². The molecule has 1 aromatic heterocycles. The van der Waals surface area contributed by atoms with Crippen molar-refractivity contribution in [2.24, 2.45) is 0 Å². The van der Waals surface area contributed by atoms with Crippen molar-refractivity contribution in [2.75, 3.05) is 30.0 Å². The summed E-state index contributed by atoms with van der Waals surface area (Å²) in [7, 11) is 4.05. The minimum Gasteiger partial charge on any atom is -0.394 e. The Hall–Kier alpha value is -2.17. The van der Waals surface area contributed by atoms with Crippen molar-refractivity contribution in [1.29, 1.82) is 0 Å². The molecule has 0 saturated carbocycles. The third-order valence-electron chi connectivity index (χ3n) is 3.23. The summed E-state index contributed by atoms with van der Waals surface area (Å²) in [5.74, 6) is 0.875. The second kappa shape index (κ2) is 5.86. The van der Waals surface area contributed by atoms with Gasteiger partial charge in [0.1, 0.15) is 0 Å². The smallest absolute Gasteiger partial charge is 0.152 e. The Kier molecular flexibility index (Phi) is 4.17. The molecule has 5 heteroatoms. The number of nitrogens with two attached hydrogens (primary N) is 1. The van der Waals surface area contributed by atoms with Gasteiger partial charge in [-0.1, -0.05) is 13.0 Å². The fraction of sp³-hybridized carbons (Fsp3) is 0.400. The largest absolute Gasteiger partial charge is 0.394 e. The highest BCUT2D eigenvalue weighted by molar-refractivity contribution is 5.72. The van der Waals surface area contributed by atoms with Gasteiger partial charge >= 0.3 is 0 Å². The van der Waals surface area contributed by atoms with Crippen LogP contribution in [0.3, 0.4) is 0 Å². The Morgan fingerprint density at radius 3 is 2.75 bits per heavy atom. The third-order valence-corrected chi connectivity index (χ3v) is 3.23. The van der Waals surface area contributed by atoms with Crippen molar-refractivity contribution >= 4 is 22.9 Å². The van der Waals surface area contributed by atoms with Crippen LogP contribution in [-0.4, -0.2) is 23.9 Å². The maximum atomic E-state index is 6.12. The number of aryl methyl sites for hydroxylation is 2. The monoisotopic (exact) mass is 273 g/mol. The Morgan fingerprint density at radius 2 is 2.10 bits per heavy atom. The molecule has 0 unspecified atom stereocenters. The van der Waals surface area contributed by atoms with Crippen LogP contribution in [0.2, 0.25) is 0 Å². The molecule has 1 aromatic carbocycles. The number of nitrogen functional groups attached to an aromatic ring is 1. The van der Waals surface area contributed by atoms with Crippen molar-refractivity contribution in [3.63, 3.8) is 0 Å². The fourth-order valence-corrected chi connectivity index (χ4v) is 2.10. The van der Waals surface area contributed by atoms with Crippen LogP contribution in [0, 0.1) is 6.92 Å². The maximum absolute atomic E-state index is 6.12. The predicted molar refractivity (Wildman–Crippen MR) is 85.7 cm³/mol. The highest BCUT2D eigenvalue weighted by atomic mass is 15.3. The molecule has 0 spiro atoms. The maximum Gasteiger partial charge on any atom is 0.152 e. The predicted octanol–water partition coefficient (Wildman–Crippen LogP) is 2.99. The van der Waals surface area contributed by atoms with E-state index in [0.717, 1.165) is 35.9 Å². The Labute approximate surface area is 120 Å². The summed E-state index contributed by atoms with van der Waals surface area (Å²) >= 11 is 0. The van der Waals surface area contributed by atoms with Gasteiger partial charge in [0.15, 0.2) is 5.82 Å². The third kappa shape index (κ3) is 2.87. The van der Waals surface area contributed by atoms with E-state index in [-0.39, 0.29) is 0 Å². The van der Waals surface area contributed by atoms with Crippen molar-refractivity contribution in [2.45, 2.75) is 26.8 Å². The molecule has 108 valence electrons. The lowest BCUT2D eigenvalue weighted by Crippen LogP contribution is -2.09. The van der Waals surface area contributed by atoms with Gasteiger partial charge in [0.25, 0.3) is 0 Å². The van der Waals surface area contributed by atoms with Crippen molar-refractivity contribution in [3.05, 3.63) is 30.0 Å². The van der Waals surface area contributed by atoms with Crippen LogP contribution < -0.4 is 16.0 Å². The summed E-state index contributed by atoms with van der Waals surface area (Å²) in [6.07, 6.45) is 1.02. The summed E-state index contributed by atoms with van der Waals surface area (Å²) in [6.45, 7) is 4.92. The van der Waals surface area contributed by atoms with Gasteiger partial charge in [-0.15, -0.1) is 0 Å². The zero-order valence-electron chi connectivity index (χ0n) is 12.6. The SMILES string of the molecule is CCCn1nc(C)c(N)c1Nc1cccc(N(C)C)c1. The molecule has 20 heavy (non-hydrogen) atoms. The average Bonchev–Trinajstić information content (AvgIpc) is 2.67. The zero-order chi connectivity index (χ0) is 14.7. The molecule has 2 aromatic rings. The standard InChI is InChI=1S/C15H23N5/c1-5-9-20-15(14(16)11(2)18-20)17-12-7-6-8-13(10-12)19(3)4/h6-8,10,17H,5,9,16H2,1-4H3. The van der Waals surface area contributed by atoms with Crippen molar-refractivity contribution < 1.29 is 0 Å². The molecule has 0 amide bonds. The molecule has 0 aliphatic rings. The van der Waals surface area contributed by atoms with Crippen LogP contribution in [0.4, 0.5) is 22.9 Å². The molecule has 0 atom stereocenters. The average molecular weight is 273 g/mol. The van der Waals surface area contributed by atoms with Gasteiger partial charge in [-0.2, -0.15) is 5.10 Å². The van der Waals surface area contributed by atoms with E-state index >= 15 is 0 Å². The zero-order valence-corrected chi connectivity index (χ0v) is 12.6. The number of nitrogens with one attached hydrogen (secondary N) is 1. The van der Waals surface area contributed by atoms with Crippen LogP contribution in [0.15, 0.2) is 24.3 Å². The van der Waals surface area contributed by atoms with Crippen LogP contribution in [-0.2, 0) is 6.54 Å². The van der Waals surface area contributed by atoms with Gasteiger partial charge in [-0.25, -0.2) is 4.68 Å². The minimum absolute atomic E-state index is 0.716. The molecule has 0 radical (unpaired) electrons. The number of benzene rings is 1. The molecule has 0 bridgehead atoms. The molecule has 0 fully saturated rings. The van der Waals surface area contributed by atoms with E-state index in [1.807, 2.05) is 37.8 Å². The Morgan fingerprint density at radius 1 is 1.35 bits per heavy atom. The van der Waals surface area contributed by atoms with E-state index < -0.39 is 0 Å². The van der Waals surface area contributed by atoms with Gasteiger partial charge in [0, 0.05) is 32.0 Å². The summed E-state index contributed by atoms with van der Waals surface area (Å²) in [6, 6.07) is 8.23. The van der Waals surface area contributed by atoms with Crippen LogP contribution >= 0.6 is 0 Å². The number of nitrogens with zero attached hydrogens (tertiary/aromatic N) is 3. The van der Waals surface area contributed by atoms with Gasteiger partial charge in [0.05, 0.1) is 11.4 Å². The number of rotatable bonds is 5. The van der Waals surface area contributed by atoms with Gasteiger partial charge < -0.3 is 16.0 Å². The second-order valence-electron chi connectivity index (χ2n) is 5.14. The molecule has 2 rings (SSSR count). The first-order chi connectivity index (χ1) is 9.52. The molecular weight excluding hydrogens is 250 g/mol. The van der Waals surface area contributed by atoms with E-state index in [9.17, 15) is 0 Å².